The molecule has 0 amide bonds. The molecule has 0 spiro atoms. The Labute approximate surface area is 173 Å². The molecule has 0 radical (unpaired) electrons. The predicted molar refractivity (Wildman–Crippen MR) is 109 cm³/mol. The highest BCUT2D eigenvalue weighted by atomic mass is 16.5. The fraction of sp³-hybridized carbons (Fsp3) is 0.182. The molecule has 0 saturated carbocycles. The minimum atomic E-state index is -0.581. The summed E-state index contributed by atoms with van der Waals surface area (Å²) >= 11 is 0. The molecule has 4 rings (SSSR count). The number of H-pyrrole nitrogens is 1. The second-order valence-corrected chi connectivity index (χ2v) is 6.53. The Balaban J connectivity index is 2.01. The van der Waals surface area contributed by atoms with Crippen LogP contribution in [0.1, 0.15) is 17.0 Å². The summed E-state index contributed by atoms with van der Waals surface area (Å²) in [5, 5.41) is 17.2. The second kappa shape index (κ2) is 7.72. The van der Waals surface area contributed by atoms with Gasteiger partial charge in [0.05, 0.1) is 38.5 Å². The Bertz CT molecular complexity index is 1160. The number of ether oxygens (including phenoxy) is 4. The van der Waals surface area contributed by atoms with Crippen LogP contribution in [0.15, 0.2) is 53.9 Å². The van der Waals surface area contributed by atoms with Gasteiger partial charge in [-0.1, -0.05) is 36.4 Å². The van der Waals surface area contributed by atoms with E-state index in [-0.39, 0.29) is 11.5 Å². The van der Waals surface area contributed by atoms with Crippen LogP contribution in [0, 0.1) is 11.3 Å². The van der Waals surface area contributed by atoms with Crippen LogP contribution in [0.4, 0.5) is 0 Å². The van der Waals surface area contributed by atoms with Crippen LogP contribution < -0.4 is 24.7 Å². The first-order valence-corrected chi connectivity index (χ1v) is 9.14. The van der Waals surface area contributed by atoms with Gasteiger partial charge in [-0.3, -0.25) is 5.10 Å². The molecule has 0 fully saturated rings. The van der Waals surface area contributed by atoms with Crippen molar-refractivity contribution in [2.45, 2.75) is 5.92 Å². The van der Waals surface area contributed by atoms with E-state index in [0.29, 0.717) is 34.3 Å². The lowest BCUT2D eigenvalue weighted by atomic mass is 9.82. The molecule has 0 bridgehead atoms. The summed E-state index contributed by atoms with van der Waals surface area (Å²) in [5.41, 5.74) is 9.34. The van der Waals surface area contributed by atoms with Crippen molar-refractivity contribution in [1.29, 1.82) is 5.26 Å². The Kier molecular flexibility index (Phi) is 4.94. The first kappa shape index (κ1) is 19.2. The van der Waals surface area contributed by atoms with E-state index in [9.17, 15) is 5.26 Å². The second-order valence-electron chi connectivity index (χ2n) is 6.53. The monoisotopic (exact) mass is 404 g/mol. The van der Waals surface area contributed by atoms with E-state index in [1.54, 1.807) is 13.2 Å². The van der Waals surface area contributed by atoms with E-state index in [2.05, 4.69) is 16.3 Å². The molecule has 1 aliphatic heterocycles. The normalized spacial score (nSPS) is 15.1. The number of nitrogens with zero attached hydrogens (tertiary/aromatic N) is 2. The maximum Gasteiger partial charge on any atom is 0.244 e. The number of allylic oxidation sites excluding steroid dienone is 1. The van der Waals surface area contributed by atoms with E-state index in [0.717, 1.165) is 11.3 Å². The van der Waals surface area contributed by atoms with Crippen molar-refractivity contribution in [3.63, 3.8) is 0 Å². The molecule has 1 atom stereocenters. The zero-order valence-electron chi connectivity index (χ0n) is 16.7. The molecule has 0 aliphatic carbocycles. The number of nitrogens with two attached hydrogens (primary N) is 1. The average Bonchev–Trinajstić information content (AvgIpc) is 3.20. The highest BCUT2D eigenvalue weighted by Gasteiger charge is 2.38. The molecule has 1 unspecified atom stereocenters. The molecule has 0 saturated heterocycles. The molecular formula is C22H20N4O4. The van der Waals surface area contributed by atoms with Crippen molar-refractivity contribution in [2.24, 2.45) is 5.73 Å². The van der Waals surface area contributed by atoms with Gasteiger partial charge in [0, 0.05) is 5.56 Å². The lowest BCUT2D eigenvalue weighted by Gasteiger charge is -2.26. The molecule has 1 aliphatic rings. The third kappa shape index (κ3) is 2.88. The van der Waals surface area contributed by atoms with Gasteiger partial charge in [-0.25, -0.2) is 0 Å². The molecule has 3 N–H and O–H groups in total. The van der Waals surface area contributed by atoms with Crippen LogP contribution in [0.5, 0.6) is 23.1 Å². The van der Waals surface area contributed by atoms with Crippen molar-refractivity contribution >= 4 is 0 Å². The molecule has 2 aromatic carbocycles. The highest BCUT2D eigenvalue weighted by Crippen LogP contribution is 2.51. The van der Waals surface area contributed by atoms with Gasteiger partial charge in [0.15, 0.2) is 11.5 Å². The third-order valence-corrected chi connectivity index (χ3v) is 5.05. The maximum absolute atomic E-state index is 9.91. The van der Waals surface area contributed by atoms with Crippen LogP contribution in [-0.2, 0) is 0 Å². The van der Waals surface area contributed by atoms with Gasteiger partial charge in [-0.05, 0) is 11.6 Å². The number of nitriles is 1. The molecule has 1 aromatic heterocycles. The quantitative estimate of drug-likeness (QED) is 0.670. The van der Waals surface area contributed by atoms with Crippen LogP contribution in [0.2, 0.25) is 0 Å². The van der Waals surface area contributed by atoms with Gasteiger partial charge >= 0.3 is 0 Å². The standard InChI is InChI=1S/C22H20N4O4/c1-27-15-10-9-13(19(28-2)20(15)29-3)16-14(11-23)21(24)30-22-17(16)18(25-26-22)12-7-5-4-6-8-12/h4-10,16H,24H2,1-3H3,(H,25,26). The smallest absolute Gasteiger partial charge is 0.244 e. The van der Waals surface area contributed by atoms with Gasteiger partial charge < -0.3 is 24.7 Å². The zero-order chi connectivity index (χ0) is 21.3. The van der Waals surface area contributed by atoms with Crippen molar-refractivity contribution in [3.8, 4) is 40.5 Å². The van der Waals surface area contributed by atoms with Crippen molar-refractivity contribution in [2.75, 3.05) is 21.3 Å². The summed E-state index contributed by atoms with van der Waals surface area (Å²) in [4.78, 5) is 0. The molecule has 8 nitrogen and oxygen atoms in total. The molecule has 8 heteroatoms. The minimum Gasteiger partial charge on any atom is -0.493 e. The van der Waals surface area contributed by atoms with E-state index in [1.807, 2.05) is 36.4 Å². The van der Waals surface area contributed by atoms with E-state index in [4.69, 9.17) is 24.7 Å². The van der Waals surface area contributed by atoms with Gasteiger partial charge in [0.25, 0.3) is 0 Å². The first-order valence-electron chi connectivity index (χ1n) is 9.14. The fourth-order valence-electron chi connectivity index (χ4n) is 3.73. The third-order valence-electron chi connectivity index (χ3n) is 5.05. The number of benzene rings is 2. The molecule has 2 heterocycles. The van der Waals surface area contributed by atoms with Crippen LogP contribution in [0.25, 0.3) is 11.3 Å². The lowest BCUT2D eigenvalue weighted by molar-refractivity contribution is 0.321. The summed E-state index contributed by atoms with van der Waals surface area (Å²) < 4.78 is 22.3. The molecule has 30 heavy (non-hydrogen) atoms. The fourth-order valence-corrected chi connectivity index (χ4v) is 3.73. The van der Waals surface area contributed by atoms with Gasteiger partial charge in [-0.15, -0.1) is 5.10 Å². The number of nitrogens with one attached hydrogen (secondary N) is 1. The number of rotatable bonds is 5. The predicted octanol–water partition coefficient (Wildman–Crippen LogP) is 3.32. The highest BCUT2D eigenvalue weighted by molar-refractivity contribution is 5.72. The zero-order valence-corrected chi connectivity index (χ0v) is 16.7. The van der Waals surface area contributed by atoms with Crippen LogP contribution in [0.3, 0.4) is 0 Å². The van der Waals surface area contributed by atoms with Crippen LogP contribution in [-0.4, -0.2) is 31.5 Å². The summed E-state index contributed by atoms with van der Waals surface area (Å²) in [7, 11) is 4.61. The molecular weight excluding hydrogens is 384 g/mol. The molecule has 152 valence electrons. The minimum absolute atomic E-state index is 0.00190. The summed E-state index contributed by atoms with van der Waals surface area (Å²) in [6, 6.07) is 15.5. The van der Waals surface area contributed by atoms with E-state index in [1.165, 1.54) is 14.2 Å². The van der Waals surface area contributed by atoms with Crippen LogP contribution >= 0.6 is 0 Å². The van der Waals surface area contributed by atoms with Crippen molar-refractivity contribution in [3.05, 3.63) is 65.0 Å². The summed E-state index contributed by atoms with van der Waals surface area (Å²) in [5.74, 6) is 1.10. The first-order chi connectivity index (χ1) is 14.6. The lowest BCUT2D eigenvalue weighted by Crippen LogP contribution is -2.21. The SMILES string of the molecule is COc1ccc(C2C(C#N)=C(N)Oc3n[nH]c(-c4ccccc4)c32)c(OC)c1OC. The van der Waals surface area contributed by atoms with E-state index >= 15 is 0 Å². The summed E-state index contributed by atoms with van der Waals surface area (Å²) in [6.07, 6.45) is 0. The molecule has 3 aromatic rings. The number of aromatic nitrogens is 2. The Hall–Kier alpha value is -4.12. The summed E-state index contributed by atoms with van der Waals surface area (Å²) in [6.45, 7) is 0. The van der Waals surface area contributed by atoms with Gasteiger partial charge in [0.2, 0.25) is 17.5 Å². The van der Waals surface area contributed by atoms with Gasteiger partial charge in [-0.2, -0.15) is 5.26 Å². The number of aromatic amines is 1. The topological polar surface area (TPSA) is 115 Å². The Morgan fingerprint density at radius 2 is 1.77 bits per heavy atom. The number of hydrogen-bond donors (Lipinski definition) is 2. The Morgan fingerprint density at radius 3 is 2.40 bits per heavy atom. The van der Waals surface area contributed by atoms with Crippen molar-refractivity contribution < 1.29 is 18.9 Å². The number of fused-ring (bicyclic) bond motifs is 1. The average molecular weight is 404 g/mol. The number of hydrogen-bond acceptors (Lipinski definition) is 7. The Morgan fingerprint density at radius 1 is 1.03 bits per heavy atom. The van der Waals surface area contributed by atoms with Crippen molar-refractivity contribution in [1.82, 2.24) is 10.2 Å². The van der Waals surface area contributed by atoms with E-state index < -0.39 is 5.92 Å². The largest absolute Gasteiger partial charge is 0.493 e. The number of methoxy groups -OCH3 is 3. The maximum atomic E-state index is 9.91. The van der Waals surface area contributed by atoms with Gasteiger partial charge in [0.1, 0.15) is 11.6 Å².